The number of rotatable bonds is 6. The summed E-state index contributed by atoms with van der Waals surface area (Å²) in [5.74, 6) is 0. The number of hydrogen-bond donors (Lipinski definition) is 1. The van der Waals surface area contributed by atoms with Gasteiger partial charge >= 0.3 is 0 Å². The predicted octanol–water partition coefficient (Wildman–Crippen LogP) is 4.89. The summed E-state index contributed by atoms with van der Waals surface area (Å²) in [5.41, 5.74) is 4.83. The Balaban J connectivity index is 1.60. The Kier molecular flexibility index (Phi) is 5.46. The summed E-state index contributed by atoms with van der Waals surface area (Å²) >= 11 is 1.78. The van der Waals surface area contributed by atoms with E-state index < -0.39 is 6.10 Å². The molecular weight excluding hydrogens is 314 g/mol. The van der Waals surface area contributed by atoms with Gasteiger partial charge in [-0.05, 0) is 47.7 Å². The Morgan fingerprint density at radius 2 is 1.71 bits per heavy atom. The second-order valence-electron chi connectivity index (χ2n) is 6.25. The number of nitrogens with zero attached hydrogens (tertiary/aromatic N) is 1. The molecule has 1 atom stereocenters. The lowest BCUT2D eigenvalue weighted by atomic mass is 10.1. The number of aliphatic hydroxyl groups is 1. The average Bonchev–Trinajstić information content (AvgIpc) is 3.02. The third kappa shape index (κ3) is 4.12. The molecule has 2 nitrogen and oxygen atoms in total. The zero-order chi connectivity index (χ0) is 16.9. The van der Waals surface area contributed by atoms with Gasteiger partial charge < -0.3 is 5.11 Å². The molecule has 0 aliphatic rings. The minimum atomic E-state index is -0.454. The lowest BCUT2D eigenvalue weighted by Gasteiger charge is -2.21. The first-order valence-electron chi connectivity index (χ1n) is 8.18. The fourth-order valence-corrected chi connectivity index (χ4v) is 3.82. The van der Waals surface area contributed by atoms with Crippen LogP contribution >= 0.6 is 11.3 Å². The monoisotopic (exact) mass is 337 g/mol. The van der Waals surface area contributed by atoms with Gasteiger partial charge in [0.1, 0.15) is 0 Å². The largest absolute Gasteiger partial charge is 0.387 e. The van der Waals surface area contributed by atoms with Crippen LogP contribution < -0.4 is 0 Å². The van der Waals surface area contributed by atoms with E-state index in [1.165, 1.54) is 21.6 Å². The highest BCUT2D eigenvalue weighted by molar-refractivity contribution is 7.13. The maximum absolute atomic E-state index is 10.3. The van der Waals surface area contributed by atoms with Gasteiger partial charge in [-0.1, -0.05) is 54.6 Å². The van der Waals surface area contributed by atoms with Gasteiger partial charge in [-0.15, -0.1) is 11.3 Å². The van der Waals surface area contributed by atoms with E-state index in [4.69, 9.17) is 0 Å². The molecule has 3 heteroatoms. The van der Waals surface area contributed by atoms with Crippen LogP contribution in [0.5, 0.6) is 0 Å². The van der Waals surface area contributed by atoms with Crippen molar-refractivity contribution in [2.45, 2.75) is 19.6 Å². The topological polar surface area (TPSA) is 23.5 Å². The Bertz CT molecular complexity index is 764. The molecule has 0 radical (unpaired) electrons. The van der Waals surface area contributed by atoms with Crippen molar-refractivity contribution in [3.05, 3.63) is 82.7 Å². The Morgan fingerprint density at radius 3 is 2.33 bits per heavy atom. The molecule has 0 spiro atoms. The Hall–Kier alpha value is -1.94. The number of aliphatic hydroxyl groups excluding tert-OH is 1. The number of benzene rings is 2. The first kappa shape index (κ1) is 16.9. The molecule has 3 aromatic rings. The van der Waals surface area contributed by atoms with Crippen LogP contribution in [0, 0.1) is 6.92 Å². The van der Waals surface area contributed by atoms with E-state index in [0.717, 1.165) is 12.1 Å². The molecule has 0 bridgehead atoms. The minimum absolute atomic E-state index is 0.454. The van der Waals surface area contributed by atoms with Crippen molar-refractivity contribution < 1.29 is 5.11 Å². The minimum Gasteiger partial charge on any atom is -0.387 e. The third-order valence-electron chi connectivity index (χ3n) is 4.20. The van der Waals surface area contributed by atoms with Gasteiger partial charge in [0.2, 0.25) is 0 Å². The molecule has 0 saturated heterocycles. The highest BCUT2D eigenvalue weighted by Crippen LogP contribution is 2.29. The van der Waals surface area contributed by atoms with Crippen molar-refractivity contribution in [1.29, 1.82) is 0 Å². The van der Waals surface area contributed by atoms with Gasteiger partial charge in [0.15, 0.2) is 0 Å². The van der Waals surface area contributed by atoms with Crippen LogP contribution in [0.2, 0.25) is 0 Å². The molecule has 24 heavy (non-hydrogen) atoms. The summed E-state index contributed by atoms with van der Waals surface area (Å²) in [4.78, 5) is 3.50. The summed E-state index contributed by atoms with van der Waals surface area (Å²) in [5, 5.41) is 12.5. The summed E-state index contributed by atoms with van der Waals surface area (Å²) in [7, 11) is 2.05. The maximum atomic E-state index is 10.3. The average molecular weight is 337 g/mol. The van der Waals surface area contributed by atoms with Crippen LogP contribution in [0.1, 0.15) is 22.8 Å². The maximum Gasteiger partial charge on any atom is 0.0916 e. The first-order chi connectivity index (χ1) is 11.6. The summed E-state index contributed by atoms with van der Waals surface area (Å²) in [6, 6.07) is 20.7. The quantitative estimate of drug-likeness (QED) is 0.692. The smallest absolute Gasteiger partial charge is 0.0916 e. The summed E-state index contributed by atoms with van der Waals surface area (Å²) < 4.78 is 0. The lowest BCUT2D eigenvalue weighted by Crippen LogP contribution is -2.24. The highest BCUT2D eigenvalue weighted by atomic mass is 32.1. The van der Waals surface area contributed by atoms with E-state index in [-0.39, 0.29) is 0 Å². The molecular formula is C21H23NOS. The molecule has 1 heterocycles. The van der Waals surface area contributed by atoms with Gasteiger partial charge in [0.05, 0.1) is 6.10 Å². The molecule has 124 valence electrons. The molecule has 0 aliphatic carbocycles. The fraction of sp³-hybridized carbons (Fsp3) is 0.238. The van der Waals surface area contributed by atoms with E-state index in [9.17, 15) is 5.11 Å². The molecule has 0 aliphatic heterocycles. The fourth-order valence-electron chi connectivity index (χ4n) is 2.88. The molecule has 3 rings (SSSR count). The second-order valence-corrected chi connectivity index (χ2v) is 7.17. The van der Waals surface area contributed by atoms with Crippen LogP contribution in [0.4, 0.5) is 0 Å². The van der Waals surface area contributed by atoms with E-state index in [2.05, 4.69) is 47.5 Å². The Labute approximate surface area is 148 Å². The van der Waals surface area contributed by atoms with E-state index in [1.54, 1.807) is 11.3 Å². The number of thiophene rings is 1. The number of hydrogen-bond acceptors (Lipinski definition) is 3. The van der Waals surface area contributed by atoms with Crippen molar-refractivity contribution >= 4 is 11.3 Å². The normalized spacial score (nSPS) is 12.5. The van der Waals surface area contributed by atoms with Crippen LogP contribution in [0.15, 0.2) is 66.0 Å². The van der Waals surface area contributed by atoms with E-state index in [1.807, 2.05) is 37.4 Å². The molecule has 1 unspecified atom stereocenters. The van der Waals surface area contributed by atoms with Crippen LogP contribution in [-0.2, 0) is 6.54 Å². The molecule has 0 saturated carbocycles. The van der Waals surface area contributed by atoms with Crippen LogP contribution in [0.25, 0.3) is 10.4 Å². The first-order valence-corrected chi connectivity index (χ1v) is 9.06. The van der Waals surface area contributed by atoms with Crippen molar-refractivity contribution in [2.24, 2.45) is 0 Å². The van der Waals surface area contributed by atoms with Gasteiger partial charge in [-0.3, -0.25) is 4.90 Å². The zero-order valence-corrected chi connectivity index (χ0v) is 15.0. The van der Waals surface area contributed by atoms with Gasteiger partial charge in [0.25, 0.3) is 0 Å². The van der Waals surface area contributed by atoms with Crippen molar-refractivity contribution in [1.82, 2.24) is 4.90 Å². The van der Waals surface area contributed by atoms with Crippen molar-refractivity contribution in [3.63, 3.8) is 0 Å². The molecule has 1 aromatic heterocycles. The van der Waals surface area contributed by atoms with Crippen LogP contribution in [-0.4, -0.2) is 23.6 Å². The molecule has 2 aromatic carbocycles. The summed E-state index contributed by atoms with van der Waals surface area (Å²) in [6.07, 6.45) is -0.454. The van der Waals surface area contributed by atoms with Gasteiger partial charge in [-0.25, -0.2) is 0 Å². The third-order valence-corrected chi connectivity index (χ3v) is 5.27. The second kappa shape index (κ2) is 7.75. The highest BCUT2D eigenvalue weighted by Gasteiger charge is 2.11. The zero-order valence-electron chi connectivity index (χ0n) is 14.1. The van der Waals surface area contributed by atoms with Gasteiger partial charge in [-0.2, -0.15) is 0 Å². The predicted molar refractivity (Wildman–Crippen MR) is 102 cm³/mol. The SMILES string of the molecule is Cc1ccsc1-c1ccc(CN(C)CC(O)c2ccccc2)cc1. The number of aryl methyl sites for hydroxylation is 1. The van der Waals surface area contributed by atoms with Gasteiger partial charge in [0, 0.05) is 18.0 Å². The molecule has 0 fully saturated rings. The van der Waals surface area contributed by atoms with Crippen molar-refractivity contribution in [2.75, 3.05) is 13.6 Å². The van der Waals surface area contributed by atoms with E-state index in [0.29, 0.717) is 6.54 Å². The Morgan fingerprint density at radius 1 is 1.00 bits per heavy atom. The van der Waals surface area contributed by atoms with Crippen molar-refractivity contribution in [3.8, 4) is 10.4 Å². The van der Waals surface area contributed by atoms with E-state index >= 15 is 0 Å². The van der Waals surface area contributed by atoms with Crippen LogP contribution in [0.3, 0.4) is 0 Å². The number of likely N-dealkylation sites (N-methyl/N-ethyl adjacent to an activating group) is 1. The standard InChI is InChI=1S/C21H23NOS/c1-16-12-13-24-21(16)19-10-8-17(9-11-19)14-22(2)15-20(23)18-6-4-3-5-7-18/h3-13,20,23H,14-15H2,1-2H3. The molecule has 0 amide bonds. The summed E-state index contributed by atoms with van der Waals surface area (Å²) in [6.45, 7) is 3.60. The molecule has 1 N–H and O–H groups in total. The lowest BCUT2D eigenvalue weighted by molar-refractivity contribution is 0.124.